The minimum Gasteiger partial charge on any atom is -0.466 e. The highest BCUT2D eigenvalue weighted by molar-refractivity contribution is 5.82. The number of allylic oxidation sites excluding steroid dienone is 1. The third-order valence-electron chi connectivity index (χ3n) is 1.77. The number of hydrogen-bond donors (Lipinski definition) is 0. The molecule has 2 heteroatoms. The Morgan fingerprint density at radius 3 is 2.60 bits per heavy atom. The zero-order valence-corrected chi connectivity index (χ0v) is 8.78. The predicted octanol–water partition coefficient (Wildman–Crippen LogP) is 2.08. The van der Waals surface area contributed by atoms with Crippen LogP contribution in [0.1, 0.15) is 11.1 Å². The Kier molecular flexibility index (Phi) is 4.18. The minimum absolute atomic E-state index is 0.395. The molecule has 0 unspecified atom stereocenters. The molecule has 0 saturated carbocycles. The summed E-state index contributed by atoms with van der Waals surface area (Å²) >= 11 is 0. The number of rotatable bonds is 1. The Hall–Kier alpha value is -2.01. The van der Waals surface area contributed by atoms with Gasteiger partial charge in [0.1, 0.15) is 0 Å². The zero-order valence-electron chi connectivity index (χ0n) is 8.78. The van der Waals surface area contributed by atoms with Crippen LogP contribution in [0.3, 0.4) is 0 Å². The van der Waals surface area contributed by atoms with Gasteiger partial charge in [0.25, 0.3) is 0 Å². The van der Waals surface area contributed by atoms with Crippen molar-refractivity contribution >= 4 is 5.97 Å². The van der Waals surface area contributed by atoms with E-state index >= 15 is 0 Å². The van der Waals surface area contributed by atoms with Gasteiger partial charge in [0, 0.05) is 11.6 Å². The van der Waals surface area contributed by atoms with E-state index in [4.69, 9.17) is 0 Å². The number of carbonyl (C=O) groups excluding carboxylic acids is 1. The summed E-state index contributed by atoms with van der Waals surface area (Å²) < 4.78 is 4.42. The molecule has 0 aliphatic carbocycles. The van der Waals surface area contributed by atoms with Crippen LogP contribution in [0, 0.1) is 18.8 Å². The molecule has 76 valence electrons. The van der Waals surface area contributed by atoms with Gasteiger partial charge in [-0.1, -0.05) is 29.5 Å². The maximum Gasteiger partial charge on any atom is 0.331 e. The van der Waals surface area contributed by atoms with Gasteiger partial charge >= 0.3 is 5.97 Å². The Morgan fingerprint density at radius 1 is 1.33 bits per heavy atom. The molecular weight excluding hydrogens is 188 g/mol. The highest BCUT2D eigenvalue weighted by atomic mass is 16.5. The van der Waals surface area contributed by atoms with Crippen LogP contribution >= 0.6 is 0 Å². The number of aryl methyl sites for hydroxylation is 1. The minimum atomic E-state index is -0.395. The summed E-state index contributed by atoms with van der Waals surface area (Å²) in [5.74, 6) is 5.27. The van der Waals surface area contributed by atoms with Gasteiger partial charge in [0.05, 0.1) is 7.11 Å². The Labute approximate surface area is 89.6 Å². The molecule has 0 amide bonds. The fourth-order valence-corrected chi connectivity index (χ4v) is 0.940. The second-order valence-electron chi connectivity index (χ2n) is 2.99. The third kappa shape index (κ3) is 4.15. The van der Waals surface area contributed by atoms with E-state index in [-0.39, 0.29) is 0 Å². The van der Waals surface area contributed by atoms with E-state index in [0.29, 0.717) is 0 Å². The second kappa shape index (κ2) is 5.66. The highest BCUT2D eigenvalue weighted by Crippen LogP contribution is 2.00. The first-order chi connectivity index (χ1) is 7.22. The van der Waals surface area contributed by atoms with E-state index in [2.05, 4.69) is 16.6 Å². The maximum atomic E-state index is 10.7. The molecule has 1 rings (SSSR count). The largest absolute Gasteiger partial charge is 0.466 e. The van der Waals surface area contributed by atoms with Crippen LogP contribution in [-0.4, -0.2) is 13.1 Å². The third-order valence-corrected chi connectivity index (χ3v) is 1.77. The molecule has 0 radical (unpaired) electrons. The first-order valence-electron chi connectivity index (χ1n) is 4.55. The van der Waals surface area contributed by atoms with Gasteiger partial charge in [-0.15, -0.1) is 0 Å². The van der Waals surface area contributed by atoms with Gasteiger partial charge < -0.3 is 4.74 Å². The van der Waals surface area contributed by atoms with Crippen LogP contribution in [0.5, 0.6) is 0 Å². The van der Waals surface area contributed by atoms with E-state index < -0.39 is 5.97 Å². The molecular formula is C13H12O2. The molecule has 0 aliphatic rings. The molecule has 0 spiro atoms. The first kappa shape index (κ1) is 11.1. The Morgan fingerprint density at radius 2 is 2.00 bits per heavy atom. The van der Waals surface area contributed by atoms with Crippen molar-refractivity contribution in [1.82, 2.24) is 0 Å². The fourth-order valence-electron chi connectivity index (χ4n) is 0.940. The summed E-state index contributed by atoms with van der Waals surface area (Å²) in [6.45, 7) is 2.02. The van der Waals surface area contributed by atoms with Crippen LogP contribution in [0.15, 0.2) is 36.4 Å². The molecule has 15 heavy (non-hydrogen) atoms. The van der Waals surface area contributed by atoms with Gasteiger partial charge in [0.2, 0.25) is 0 Å². The van der Waals surface area contributed by atoms with Crippen molar-refractivity contribution < 1.29 is 9.53 Å². The van der Waals surface area contributed by atoms with Crippen molar-refractivity contribution in [3.05, 3.63) is 47.5 Å². The molecule has 0 N–H and O–H groups in total. The number of benzene rings is 1. The molecule has 0 aliphatic heterocycles. The molecule has 0 heterocycles. The number of ether oxygens (including phenoxy) is 1. The van der Waals surface area contributed by atoms with Gasteiger partial charge in [-0.25, -0.2) is 4.79 Å². The van der Waals surface area contributed by atoms with Gasteiger partial charge in [-0.2, -0.15) is 0 Å². The van der Waals surface area contributed by atoms with Crippen molar-refractivity contribution in [1.29, 1.82) is 0 Å². The lowest BCUT2D eigenvalue weighted by Gasteiger charge is -1.90. The normalized spacial score (nSPS) is 9.47. The van der Waals surface area contributed by atoms with Crippen LogP contribution < -0.4 is 0 Å². The number of methoxy groups -OCH3 is 1. The predicted molar refractivity (Wildman–Crippen MR) is 59.2 cm³/mol. The van der Waals surface area contributed by atoms with E-state index in [9.17, 15) is 4.79 Å². The Bertz CT molecular complexity index is 416. The summed E-state index contributed by atoms with van der Waals surface area (Å²) in [5, 5.41) is 0. The lowest BCUT2D eigenvalue weighted by Crippen LogP contribution is -1.92. The van der Waals surface area contributed by atoms with E-state index in [1.54, 1.807) is 0 Å². The monoisotopic (exact) mass is 200 g/mol. The molecule has 0 bridgehead atoms. The summed E-state index contributed by atoms with van der Waals surface area (Å²) in [7, 11) is 1.33. The average molecular weight is 200 g/mol. The van der Waals surface area contributed by atoms with Crippen LogP contribution in [0.2, 0.25) is 0 Å². The van der Waals surface area contributed by atoms with Crippen LogP contribution in [-0.2, 0) is 9.53 Å². The van der Waals surface area contributed by atoms with E-state index in [0.717, 1.165) is 5.56 Å². The molecule has 1 aromatic rings. The van der Waals surface area contributed by atoms with Crippen LogP contribution in [0.25, 0.3) is 0 Å². The maximum absolute atomic E-state index is 10.7. The van der Waals surface area contributed by atoms with Crippen molar-refractivity contribution in [2.75, 3.05) is 7.11 Å². The summed E-state index contributed by atoms with van der Waals surface area (Å²) in [5.41, 5.74) is 2.13. The van der Waals surface area contributed by atoms with Crippen LogP contribution in [0.4, 0.5) is 0 Å². The zero-order chi connectivity index (χ0) is 11.1. The summed E-state index contributed by atoms with van der Waals surface area (Å²) in [6, 6.07) is 7.87. The van der Waals surface area contributed by atoms with Gasteiger partial charge in [-0.05, 0) is 25.1 Å². The molecule has 2 nitrogen and oxygen atoms in total. The first-order valence-corrected chi connectivity index (χ1v) is 4.55. The SMILES string of the molecule is COC(=O)/C=C/C#Cc1ccc(C)cc1. The molecule has 0 aromatic heterocycles. The van der Waals surface area contributed by atoms with E-state index in [1.807, 2.05) is 31.2 Å². The second-order valence-corrected chi connectivity index (χ2v) is 2.99. The summed E-state index contributed by atoms with van der Waals surface area (Å²) in [6.07, 6.45) is 2.77. The van der Waals surface area contributed by atoms with Crippen molar-refractivity contribution in [3.63, 3.8) is 0 Å². The van der Waals surface area contributed by atoms with Crippen molar-refractivity contribution in [2.24, 2.45) is 0 Å². The van der Waals surface area contributed by atoms with Crippen molar-refractivity contribution in [2.45, 2.75) is 6.92 Å². The van der Waals surface area contributed by atoms with E-state index in [1.165, 1.54) is 24.8 Å². The van der Waals surface area contributed by atoms with Crippen molar-refractivity contribution in [3.8, 4) is 11.8 Å². The topological polar surface area (TPSA) is 26.3 Å². The number of carbonyl (C=O) groups is 1. The molecule has 1 aromatic carbocycles. The Balaban J connectivity index is 2.62. The van der Waals surface area contributed by atoms with Gasteiger partial charge in [-0.3, -0.25) is 0 Å². The smallest absolute Gasteiger partial charge is 0.331 e. The van der Waals surface area contributed by atoms with Gasteiger partial charge in [0.15, 0.2) is 0 Å². The fraction of sp³-hybridized carbons (Fsp3) is 0.154. The lowest BCUT2D eigenvalue weighted by molar-refractivity contribution is -0.134. The molecule has 0 fully saturated rings. The molecule has 0 saturated heterocycles. The standard InChI is InChI=1S/C13H12O2/c1-11-7-9-12(10-8-11)5-3-4-6-13(14)15-2/h4,6-10H,1-2H3/b6-4+. The number of hydrogen-bond acceptors (Lipinski definition) is 2. The summed E-state index contributed by atoms with van der Waals surface area (Å²) in [4.78, 5) is 10.7. The number of esters is 1. The average Bonchev–Trinajstić information content (AvgIpc) is 2.26. The lowest BCUT2D eigenvalue weighted by atomic mass is 10.1. The molecule has 0 atom stereocenters. The quantitative estimate of drug-likeness (QED) is 0.394. The highest BCUT2D eigenvalue weighted by Gasteiger charge is 1.87.